The first-order chi connectivity index (χ1) is 18.4. The van der Waals surface area contributed by atoms with E-state index in [4.69, 9.17) is 33.2 Å². The number of nitrogens with zero attached hydrogens (tertiary/aromatic N) is 1. The number of esters is 1. The topological polar surface area (TPSA) is 123 Å². The molecule has 0 unspecified atom stereocenters. The Morgan fingerprint density at radius 2 is 1.37 bits per heavy atom. The summed E-state index contributed by atoms with van der Waals surface area (Å²) in [4.78, 5) is 24.8. The summed E-state index contributed by atoms with van der Waals surface area (Å²) in [7, 11) is 7.37. The van der Waals surface area contributed by atoms with Crippen molar-refractivity contribution >= 4 is 18.1 Å². The molecule has 0 aliphatic heterocycles. The lowest BCUT2D eigenvalue weighted by atomic mass is 10.1. The van der Waals surface area contributed by atoms with Gasteiger partial charge in [0.1, 0.15) is 11.5 Å². The predicted molar refractivity (Wildman–Crippen MR) is 138 cm³/mol. The van der Waals surface area contributed by atoms with E-state index in [0.29, 0.717) is 34.3 Å². The fourth-order valence-electron chi connectivity index (χ4n) is 3.24. The highest BCUT2D eigenvalue weighted by molar-refractivity contribution is 5.93. The van der Waals surface area contributed by atoms with Gasteiger partial charge in [-0.2, -0.15) is 5.10 Å². The third-order valence-corrected chi connectivity index (χ3v) is 5.12. The average Bonchev–Trinajstić information content (AvgIpc) is 2.95. The number of carbonyl (C=O) groups is 2. The van der Waals surface area contributed by atoms with Crippen LogP contribution in [0, 0.1) is 0 Å². The van der Waals surface area contributed by atoms with Crippen molar-refractivity contribution in [3.8, 4) is 40.2 Å². The van der Waals surface area contributed by atoms with Crippen molar-refractivity contribution in [2.24, 2.45) is 5.10 Å². The summed E-state index contributed by atoms with van der Waals surface area (Å²) < 4.78 is 37.2. The molecule has 1 N–H and O–H groups in total. The van der Waals surface area contributed by atoms with Crippen LogP contribution in [0.2, 0.25) is 0 Å². The minimum atomic E-state index is -0.659. The normalized spacial score (nSPS) is 10.4. The summed E-state index contributed by atoms with van der Waals surface area (Å²) in [6.45, 7) is -0.219. The van der Waals surface area contributed by atoms with Crippen molar-refractivity contribution in [3.63, 3.8) is 0 Å². The van der Waals surface area contributed by atoms with Gasteiger partial charge in [0.25, 0.3) is 5.91 Å². The fourth-order valence-corrected chi connectivity index (χ4v) is 3.24. The van der Waals surface area contributed by atoms with Gasteiger partial charge in [0.15, 0.2) is 29.6 Å². The van der Waals surface area contributed by atoms with Gasteiger partial charge >= 0.3 is 5.97 Å². The summed E-state index contributed by atoms with van der Waals surface area (Å²) in [5, 5.41) is 3.92. The first kappa shape index (κ1) is 27.7. The van der Waals surface area contributed by atoms with Crippen LogP contribution in [0.5, 0.6) is 40.2 Å². The third-order valence-electron chi connectivity index (χ3n) is 5.12. The summed E-state index contributed by atoms with van der Waals surface area (Å²) >= 11 is 0. The maximum absolute atomic E-state index is 12.8. The minimum Gasteiger partial charge on any atom is -0.497 e. The van der Waals surface area contributed by atoms with Crippen molar-refractivity contribution in [1.82, 2.24) is 5.43 Å². The lowest BCUT2D eigenvalue weighted by Gasteiger charge is -2.14. The van der Waals surface area contributed by atoms with Crippen LogP contribution in [0.3, 0.4) is 0 Å². The van der Waals surface area contributed by atoms with E-state index in [0.717, 1.165) is 0 Å². The Bertz CT molecular complexity index is 1270. The van der Waals surface area contributed by atoms with E-state index in [9.17, 15) is 9.59 Å². The van der Waals surface area contributed by atoms with Crippen molar-refractivity contribution in [2.75, 3.05) is 42.2 Å². The Labute approximate surface area is 219 Å². The van der Waals surface area contributed by atoms with Crippen LogP contribution in [0.25, 0.3) is 0 Å². The highest BCUT2D eigenvalue weighted by atomic mass is 16.6. The molecule has 0 fully saturated rings. The number of nitrogens with one attached hydrogen (secondary N) is 1. The Hall–Kier alpha value is -4.93. The molecular formula is C27H28N2O9. The van der Waals surface area contributed by atoms with Crippen LogP contribution in [-0.2, 0) is 4.79 Å². The number of rotatable bonds is 12. The van der Waals surface area contributed by atoms with E-state index in [1.165, 1.54) is 46.8 Å². The van der Waals surface area contributed by atoms with E-state index in [1.54, 1.807) is 49.6 Å². The molecule has 0 radical (unpaired) electrons. The smallest absolute Gasteiger partial charge is 0.343 e. The zero-order valence-electron chi connectivity index (χ0n) is 21.6. The summed E-state index contributed by atoms with van der Waals surface area (Å²) in [6, 6.07) is 14.6. The number of methoxy groups -OCH3 is 5. The molecule has 0 aliphatic rings. The zero-order chi connectivity index (χ0) is 27.5. The molecular weight excluding hydrogens is 496 g/mol. The van der Waals surface area contributed by atoms with Crippen LogP contribution in [0.15, 0.2) is 59.7 Å². The number of amides is 1. The molecule has 0 atom stereocenters. The summed E-state index contributed by atoms with van der Waals surface area (Å²) in [6.07, 6.45) is 1.42. The molecule has 0 bridgehead atoms. The molecule has 0 spiro atoms. The molecule has 3 aromatic carbocycles. The predicted octanol–water partition coefficient (Wildman–Crippen LogP) is 3.48. The molecule has 0 saturated heterocycles. The highest BCUT2D eigenvalue weighted by Crippen LogP contribution is 2.38. The van der Waals surface area contributed by atoms with Crippen LogP contribution < -0.4 is 38.6 Å². The first-order valence-electron chi connectivity index (χ1n) is 11.2. The van der Waals surface area contributed by atoms with E-state index in [1.807, 2.05) is 0 Å². The lowest BCUT2D eigenvalue weighted by Crippen LogP contribution is -2.24. The van der Waals surface area contributed by atoms with Gasteiger partial charge in [0.05, 0.1) is 47.3 Å². The van der Waals surface area contributed by atoms with Crippen molar-refractivity contribution in [3.05, 3.63) is 65.7 Å². The second kappa shape index (κ2) is 13.4. The number of hydrogen-bond acceptors (Lipinski definition) is 10. The van der Waals surface area contributed by atoms with Gasteiger partial charge in [0, 0.05) is 0 Å². The molecule has 3 rings (SSSR count). The highest BCUT2D eigenvalue weighted by Gasteiger charge is 2.19. The molecule has 0 heterocycles. The minimum absolute atomic E-state index is 0.181. The largest absolute Gasteiger partial charge is 0.497 e. The van der Waals surface area contributed by atoms with E-state index < -0.39 is 11.9 Å². The van der Waals surface area contributed by atoms with Gasteiger partial charge in [0.2, 0.25) is 5.75 Å². The van der Waals surface area contributed by atoms with Crippen molar-refractivity contribution < 1.29 is 42.7 Å². The molecule has 200 valence electrons. The summed E-state index contributed by atoms with van der Waals surface area (Å²) in [5.41, 5.74) is 3.16. The van der Waals surface area contributed by atoms with Crippen LogP contribution in [0.1, 0.15) is 15.9 Å². The molecule has 0 aliphatic carbocycles. The fraction of sp³-hybridized carbons (Fsp3) is 0.222. The molecule has 11 nitrogen and oxygen atoms in total. The van der Waals surface area contributed by atoms with Crippen LogP contribution in [-0.4, -0.2) is 60.2 Å². The van der Waals surface area contributed by atoms with E-state index in [2.05, 4.69) is 10.5 Å². The monoisotopic (exact) mass is 524 g/mol. The second-order valence-corrected chi connectivity index (χ2v) is 7.47. The van der Waals surface area contributed by atoms with Gasteiger partial charge in [-0.3, -0.25) is 4.79 Å². The van der Waals surface area contributed by atoms with Gasteiger partial charge < -0.3 is 33.2 Å². The van der Waals surface area contributed by atoms with Crippen molar-refractivity contribution in [1.29, 1.82) is 0 Å². The maximum Gasteiger partial charge on any atom is 0.343 e. The van der Waals surface area contributed by atoms with Gasteiger partial charge in [-0.15, -0.1) is 0 Å². The molecule has 1 amide bonds. The van der Waals surface area contributed by atoms with E-state index >= 15 is 0 Å². The van der Waals surface area contributed by atoms with E-state index in [-0.39, 0.29) is 23.7 Å². The summed E-state index contributed by atoms with van der Waals surface area (Å²) in [5.74, 6) is 1.54. The van der Waals surface area contributed by atoms with Crippen LogP contribution >= 0.6 is 0 Å². The standard InChI is InChI=1S/C27H28N2O9/c1-32-19-7-9-20(10-8-19)37-16-25(30)29-28-15-17-6-11-21(22(12-17)33-2)38-27(31)18-13-23(34-3)26(36-5)24(14-18)35-4/h6-15H,16H2,1-5H3,(H,29,30). The SMILES string of the molecule is COc1ccc(OCC(=O)NN=Cc2ccc(OC(=O)c3cc(OC)c(OC)c(OC)c3)c(OC)c2)cc1. The molecule has 11 heteroatoms. The second-order valence-electron chi connectivity index (χ2n) is 7.47. The third kappa shape index (κ3) is 7.06. The first-order valence-corrected chi connectivity index (χ1v) is 11.2. The Balaban J connectivity index is 1.62. The van der Waals surface area contributed by atoms with Gasteiger partial charge in [-0.1, -0.05) is 0 Å². The molecule has 38 heavy (non-hydrogen) atoms. The number of hydrogen-bond donors (Lipinski definition) is 1. The number of ether oxygens (including phenoxy) is 7. The number of carbonyl (C=O) groups excluding carboxylic acids is 2. The quantitative estimate of drug-likeness (QED) is 0.164. The molecule has 3 aromatic rings. The van der Waals surface area contributed by atoms with Crippen molar-refractivity contribution in [2.45, 2.75) is 0 Å². The number of benzene rings is 3. The Kier molecular flexibility index (Phi) is 9.75. The van der Waals surface area contributed by atoms with Gasteiger partial charge in [-0.05, 0) is 60.2 Å². The average molecular weight is 525 g/mol. The maximum atomic E-state index is 12.8. The zero-order valence-corrected chi connectivity index (χ0v) is 21.6. The molecule has 0 aromatic heterocycles. The lowest BCUT2D eigenvalue weighted by molar-refractivity contribution is -0.123. The number of hydrazone groups is 1. The van der Waals surface area contributed by atoms with Crippen LogP contribution in [0.4, 0.5) is 0 Å². The Morgan fingerprint density at radius 1 is 0.737 bits per heavy atom. The molecule has 0 saturated carbocycles. The van der Waals surface area contributed by atoms with Gasteiger partial charge in [-0.25, -0.2) is 10.2 Å². The Morgan fingerprint density at radius 3 is 1.95 bits per heavy atom.